The molecule has 6 nitrogen and oxygen atoms in total. The Balaban J connectivity index is 2.50. The zero-order chi connectivity index (χ0) is 14.1. The second kappa shape index (κ2) is 7.88. The van der Waals surface area contributed by atoms with Crippen molar-refractivity contribution in [1.29, 1.82) is 0 Å². The van der Waals surface area contributed by atoms with Gasteiger partial charge >= 0.3 is 5.97 Å². The van der Waals surface area contributed by atoms with Gasteiger partial charge in [0.1, 0.15) is 5.75 Å². The number of ether oxygens (including phenoxy) is 2. The van der Waals surface area contributed by atoms with Crippen LogP contribution in [0.4, 0.5) is 0 Å². The average molecular weight is 264 g/mol. The molecule has 0 bridgehead atoms. The molecule has 19 heavy (non-hydrogen) atoms. The predicted octanol–water partition coefficient (Wildman–Crippen LogP) is 0.632. The van der Waals surface area contributed by atoms with Gasteiger partial charge < -0.3 is 9.47 Å². The van der Waals surface area contributed by atoms with Crippen molar-refractivity contribution in [2.24, 2.45) is 5.84 Å². The summed E-state index contributed by atoms with van der Waals surface area (Å²) in [6, 6.07) is 6.89. The van der Waals surface area contributed by atoms with Gasteiger partial charge in [0.2, 0.25) is 0 Å². The number of carbonyl (C=O) groups is 2. The van der Waals surface area contributed by atoms with Crippen LogP contribution in [-0.4, -0.2) is 25.1 Å². The van der Waals surface area contributed by atoms with E-state index >= 15 is 0 Å². The molecular weight excluding hydrogens is 248 g/mol. The third-order valence-electron chi connectivity index (χ3n) is 2.11. The maximum absolute atomic E-state index is 11.1. The summed E-state index contributed by atoms with van der Waals surface area (Å²) in [6.45, 7) is 1.93. The summed E-state index contributed by atoms with van der Waals surface area (Å²) >= 11 is 0. The molecule has 0 fully saturated rings. The fourth-order valence-electron chi connectivity index (χ4n) is 1.24. The average Bonchev–Trinajstić information content (AvgIpc) is 2.44. The minimum atomic E-state index is -0.411. The smallest absolute Gasteiger partial charge is 0.344 e. The lowest BCUT2D eigenvalue weighted by Crippen LogP contribution is -2.27. The zero-order valence-electron chi connectivity index (χ0n) is 10.6. The molecule has 0 saturated carbocycles. The van der Waals surface area contributed by atoms with E-state index in [0.717, 1.165) is 5.56 Å². The summed E-state index contributed by atoms with van der Waals surface area (Å²) < 4.78 is 9.96. The molecule has 0 aliphatic rings. The number of hydrazine groups is 1. The highest BCUT2D eigenvalue weighted by Gasteiger charge is 2.02. The highest BCUT2D eigenvalue weighted by atomic mass is 16.6. The van der Waals surface area contributed by atoms with Gasteiger partial charge in [-0.15, -0.1) is 0 Å². The summed E-state index contributed by atoms with van der Waals surface area (Å²) in [5.74, 6) is 4.69. The first-order chi connectivity index (χ1) is 9.15. The van der Waals surface area contributed by atoms with Crippen LogP contribution >= 0.6 is 0 Å². The van der Waals surface area contributed by atoms with Crippen molar-refractivity contribution in [3.63, 3.8) is 0 Å². The zero-order valence-corrected chi connectivity index (χ0v) is 10.6. The number of hydrogen-bond donors (Lipinski definition) is 2. The Kier molecular flexibility index (Phi) is 6.11. The number of benzene rings is 1. The van der Waals surface area contributed by atoms with Gasteiger partial charge in [-0.25, -0.2) is 10.6 Å². The van der Waals surface area contributed by atoms with Gasteiger partial charge in [-0.3, -0.25) is 10.2 Å². The van der Waals surface area contributed by atoms with E-state index in [1.165, 1.54) is 6.08 Å². The number of rotatable bonds is 6. The molecule has 0 atom stereocenters. The minimum absolute atomic E-state index is 0.126. The molecule has 0 aliphatic heterocycles. The number of carbonyl (C=O) groups excluding carboxylic acids is 2. The fourth-order valence-corrected chi connectivity index (χ4v) is 1.24. The molecule has 1 aromatic rings. The molecule has 1 rings (SSSR count). The first-order valence-corrected chi connectivity index (χ1v) is 5.73. The van der Waals surface area contributed by atoms with E-state index in [4.69, 9.17) is 15.3 Å². The van der Waals surface area contributed by atoms with Crippen molar-refractivity contribution in [3.05, 3.63) is 35.9 Å². The van der Waals surface area contributed by atoms with Crippen LogP contribution in [0.3, 0.4) is 0 Å². The summed E-state index contributed by atoms with van der Waals surface area (Å²) in [7, 11) is 0. The largest absolute Gasteiger partial charge is 0.482 e. The molecule has 1 amide bonds. The first kappa shape index (κ1) is 14.7. The number of nitrogens with two attached hydrogens (primary N) is 1. The summed E-state index contributed by atoms with van der Waals surface area (Å²) in [5.41, 5.74) is 2.80. The monoisotopic (exact) mass is 264 g/mol. The van der Waals surface area contributed by atoms with Gasteiger partial charge in [0, 0.05) is 6.08 Å². The van der Waals surface area contributed by atoms with Gasteiger partial charge in [0.05, 0.1) is 6.61 Å². The first-order valence-electron chi connectivity index (χ1n) is 5.73. The molecule has 0 heterocycles. The van der Waals surface area contributed by atoms with Crippen molar-refractivity contribution in [2.45, 2.75) is 6.92 Å². The number of esters is 1. The van der Waals surface area contributed by atoms with Crippen molar-refractivity contribution in [3.8, 4) is 5.75 Å². The lowest BCUT2D eigenvalue weighted by Gasteiger charge is -2.05. The third kappa shape index (κ3) is 5.69. The molecule has 1 aromatic carbocycles. The van der Waals surface area contributed by atoms with Crippen LogP contribution < -0.4 is 16.0 Å². The van der Waals surface area contributed by atoms with Gasteiger partial charge in [0.15, 0.2) is 6.61 Å². The quantitative estimate of drug-likeness (QED) is 0.258. The van der Waals surface area contributed by atoms with E-state index in [-0.39, 0.29) is 12.5 Å². The molecule has 0 radical (unpaired) electrons. The van der Waals surface area contributed by atoms with E-state index in [9.17, 15) is 9.59 Å². The Bertz CT molecular complexity index is 454. The summed E-state index contributed by atoms with van der Waals surface area (Å²) in [6.07, 6.45) is 2.92. The van der Waals surface area contributed by atoms with Gasteiger partial charge in [0.25, 0.3) is 5.91 Å². The lowest BCUT2D eigenvalue weighted by atomic mass is 10.2. The molecule has 3 N–H and O–H groups in total. The van der Waals surface area contributed by atoms with E-state index in [1.54, 1.807) is 37.3 Å². The highest BCUT2D eigenvalue weighted by Crippen LogP contribution is 2.13. The summed E-state index contributed by atoms with van der Waals surface area (Å²) in [5, 5.41) is 0. The molecule has 102 valence electrons. The second-order valence-corrected chi connectivity index (χ2v) is 3.50. The fraction of sp³-hybridized carbons (Fsp3) is 0.231. The van der Waals surface area contributed by atoms with Crippen LogP contribution in [0.15, 0.2) is 30.3 Å². The third-order valence-corrected chi connectivity index (χ3v) is 2.11. The SMILES string of the molecule is CCOC(=O)COc1ccc(/C=C/C(=O)NN)cc1. The van der Waals surface area contributed by atoms with Crippen LogP contribution in [0.25, 0.3) is 6.08 Å². The molecule has 0 saturated heterocycles. The minimum Gasteiger partial charge on any atom is -0.482 e. The van der Waals surface area contributed by atoms with Crippen LogP contribution in [0.5, 0.6) is 5.75 Å². The van der Waals surface area contributed by atoms with E-state index < -0.39 is 5.97 Å². The van der Waals surface area contributed by atoms with Gasteiger partial charge in [-0.05, 0) is 30.7 Å². The Morgan fingerprint density at radius 3 is 2.58 bits per heavy atom. The molecule has 0 aliphatic carbocycles. The van der Waals surface area contributed by atoms with E-state index in [0.29, 0.717) is 12.4 Å². The van der Waals surface area contributed by atoms with E-state index in [1.807, 2.05) is 5.43 Å². The molecule has 0 unspecified atom stereocenters. The maximum Gasteiger partial charge on any atom is 0.344 e. The predicted molar refractivity (Wildman–Crippen MR) is 69.9 cm³/mol. The lowest BCUT2D eigenvalue weighted by molar-refractivity contribution is -0.145. The Hall–Kier alpha value is -2.34. The molecule has 0 spiro atoms. The van der Waals surface area contributed by atoms with Crippen LogP contribution in [-0.2, 0) is 14.3 Å². The maximum atomic E-state index is 11.1. The van der Waals surface area contributed by atoms with Crippen LogP contribution in [0, 0.1) is 0 Å². The highest BCUT2D eigenvalue weighted by molar-refractivity contribution is 5.91. The van der Waals surface area contributed by atoms with Gasteiger partial charge in [-0.2, -0.15) is 0 Å². The number of amides is 1. The summed E-state index contributed by atoms with van der Waals surface area (Å²) in [4.78, 5) is 22.0. The van der Waals surface area contributed by atoms with Gasteiger partial charge in [-0.1, -0.05) is 12.1 Å². The number of hydrogen-bond acceptors (Lipinski definition) is 5. The number of nitrogens with one attached hydrogen (secondary N) is 1. The van der Waals surface area contributed by atoms with Crippen LogP contribution in [0.1, 0.15) is 12.5 Å². The Morgan fingerprint density at radius 1 is 1.32 bits per heavy atom. The van der Waals surface area contributed by atoms with Crippen LogP contribution in [0.2, 0.25) is 0 Å². The molecule has 0 aromatic heterocycles. The van der Waals surface area contributed by atoms with Crippen molar-refractivity contribution < 1.29 is 19.1 Å². The molecule has 6 heteroatoms. The molecular formula is C13H16N2O4. The standard InChI is InChI=1S/C13H16N2O4/c1-2-18-13(17)9-19-11-6-3-10(4-7-11)5-8-12(16)15-14/h3-8H,2,9,14H2,1H3,(H,15,16)/b8-5+. The van der Waals surface area contributed by atoms with Crippen molar-refractivity contribution in [1.82, 2.24) is 5.43 Å². The van der Waals surface area contributed by atoms with Crippen molar-refractivity contribution in [2.75, 3.05) is 13.2 Å². The Morgan fingerprint density at radius 2 is 2.00 bits per heavy atom. The second-order valence-electron chi connectivity index (χ2n) is 3.50. The normalized spacial score (nSPS) is 10.2. The topological polar surface area (TPSA) is 90.6 Å². The van der Waals surface area contributed by atoms with E-state index in [2.05, 4.69) is 0 Å². The Labute approximate surface area is 111 Å². The van der Waals surface area contributed by atoms with Crippen molar-refractivity contribution >= 4 is 18.0 Å².